The van der Waals surface area contributed by atoms with E-state index in [0.29, 0.717) is 6.54 Å². The van der Waals surface area contributed by atoms with Crippen LogP contribution in [-0.4, -0.2) is 41.1 Å². The van der Waals surface area contributed by atoms with E-state index >= 15 is 0 Å². The van der Waals surface area contributed by atoms with Gasteiger partial charge >= 0.3 is 5.97 Å². The number of nitrogens with zero attached hydrogens (tertiary/aromatic N) is 1. The van der Waals surface area contributed by atoms with E-state index in [1.165, 1.54) is 5.56 Å². The van der Waals surface area contributed by atoms with Crippen molar-refractivity contribution >= 4 is 11.9 Å². The summed E-state index contributed by atoms with van der Waals surface area (Å²) in [5, 5.41) is 14.6. The molecule has 6 nitrogen and oxygen atoms in total. The number of hydrogen-bond acceptors (Lipinski definition) is 4. The number of amides is 1. The van der Waals surface area contributed by atoms with Gasteiger partial charge < -0.3 is 20.1 Å². The summed E-state index contributed by atoms with van der Waals surface area (Å²) in [4.78, 5) is 29.5. The van der Waals surface area contributed by atoms with Crippen LogP contribution in [0.1, 0.15) is 104 Å². The second kappa shape index (κ2) is 12.0. The van der Waals surface area contributed by atoms with E-state index in [2.05, 4.69) is 72.8 Å². The lowest BCUT2D eigenvalue weighted by Gasteiger charge is -2.39. The third-order valence-corrected chi connectivity index (χ3v) is 9.54. The summed E-state index contributed by atoms with van der Waals surface area (Å²) in [6.07, 6.45) is 3.66. The summed E-state index contributed by atoms with van der Waals surface area (Å²) in [7, 11) is 1.68. The van der Waals surface area contributed by atoms with E-state index in [1.807, 2.05) is 36.4 Å². The third kappa shape index (κ3) is 6.69. The topological polar surface area (TPSA) is 78.9 Å². The first-order chi connectivity index (χ1) is 19.5. The third-order valence-electron chi connectivity index (χ3n) is 9.54. The average molecular weight is 577 g/mol. The van der Waals surface area contributed by atoms with Gasteiger partial charge in [-0.2, -0.15) is 0 Å². The first-order valence-corrected chi connectivity index (χ1v) is 15.6. The van der Waals surface area contributed by atoms with Crippen LogP contribution in [0.5, 0.6) is 5.75 Å². The number of aliphatic carboxylic acids is 1. The summed E-state index contributed by atoms with van der Waals surface area (Å²) in [5.41, 5.74) is 2.85. The van der Waals surface area contributed by atoms with Gasteiger partial charge in [0, 0.05) is 30.0 Å². The molecule has 1 saturated heterocycles. The monoisotopic (exact) mass is 576 g/mol. The van der Waals surface area contributed by atoms with Gasteiger partial charge in [-0.05, 0) is 52.7 Å². The molecule has 2 aromatic rings. The van der Waals surface area contributed by atoms with E-state index in [-0.39, 0.29) is 40.0 Å². The molecule has 230 valence electrons. The fourth-order valence-corrected chi connectivity index (χ4v) is 7.46. The lowest BCUT2D eigenvalue weighted by Crippen LogP contribution is -2.50. The van der Waals surface area contributed by atoms with Gasteiger partial charge in [0.25, 0.3) is 0 Å². The van der Waals surface area contributed by atoms with Crippen molar-refractivity contribution in [2.24, 2.45) is 22.7 Å². The quantitative estimate of drug-likeness (QED) is 0.360. The molecule has 6 heteroatoms. The normalized spacial score (nSPS) is 26.2. The van der Waals surface area contributed by atoms with Crippen molar-refractivity contribution < 1.29 is 19.4 Å². The van der Waals surface area contributed by atoms with E-state index < -0.39 is 18.1 Å². The molecule has 2 N–H and O–H groups in total. The number of hydrogen-bond donors (Lipinski definition) is 2. The molecule has 0 bridgehead atoms. The molecule has 1 aliphatic carbocycles. The van der Waals surface area contributed by atoms with Crippen LogP contribution in [-0.2, 0) is 21.5 Å². The highest BCUT2D eigenvalue weighted by Crippen LogP contribution is 2.50. The Labute approximate surface area is 253 Å². The second-order valence-corrected chi connectivity index (χ2v) is 15.4. The van der Waals surface area contributed by atoms with Crippen LogP contribution in [0.15, 0.2) is 48.5 Å². The predicted molar refractivity (Wildman–Crippen MR) is 168 cm³/mol. The molecule has 1 amide bonds. The van der Waals surface area contributed by atoms with Gasteiger partial charge in [0.05, 0.1) is 13.2 Å². The van der Waals surface area contributed by atoms with Crippen molar-refractivity contribution in [3.63, 3.8) is 0 Å². The van der Waals surface area contributed by atoms with Crippen LogP contribution >= 0.6 is 0 Å². The zero-order valence-corrected chi connectivity index (χ0v) is 27.2. The minimum Gasteiger partial charge on any atom is -0.496 e. The van der Waals surface area contributed by atoms with Gasteiger partial charge in [-0.25, -0.2) is 4.79 Å². The molecule has 2 aromatic carbocycles. The highest BCUT2D eigenvalue weighted by Gasteiger charge is 2.58. The van der Waals surface area contributed by atoms with Gasteiger partial charge in [-0.15, -0.1) is 0 Å². The molecular formula is C36H52N2O4. The number of rotatable bonds is 7. The van der Waals surface area contributed by atoms with Crippen LogP contribution in [0.3, 0.4) is 0 Å². The zero-order valence-electron chi connectivity index (χ0n) is 27.2. The number of carbonyl (C=O) groups is 2. The SMILES string of the molecule is COc1ccc(C(C)(C)C)cc1CN[C@H]1[C@H](C(C)(C)C)[C@@H](C(=O)O)N(C(=O)C2CCCC(C)(C)C2)[C@H]1c1ccccc1. The Hall–Kier alpha value is -2.86. The first kappa shape index (κ1) is 32.1. The van der Waals surface area contributed by atoms with Crippen LogP contribution in [0.25, 0.3) is 0 Å². The van der Waals surface area contributed by atoms with Gasteiger partial charge in [-0.3, -0.25) is 4.79 Å². The molecule has 1 saturated carbocycles. The maximum atomic E-state index is 14.5. The Morgan fingerprint density at radius 1 is 1.05 bits per heavy atom. The summed E-state index contributed by atoms with van der Waals surface area (Å²) in [6.45, 7) is 17.8. The van der Waals surface area contributed by atoms with Crippen molar-refractivity contribution in [3.05, 3.63) is 65.2 Å². The largest absolute Gasteiger partial charge is 0.496 e. The Kier molecular flexibility index (Phi) is 9.18. The van der Waals surface area contributed by atoms with Gasteiger partial charge in [0.1, 0.15) is 11.8 Å². The smallest absolute Gasteiger partial charge is 0.326 e. The number of methoxy groups -OCH3 is 1. The fraction of sp³-hybridized carbons (Fsp3) is 0.611. The molecule has 4 rings (SSSR count). The van der Waals surface area contributed by atoms with Crippen molar-refractivity contribution in [1.82, 2.24) is 10.2 Å². The Morgan fingerprint density at radius 3 is 2.26 bits per heavy atom. The van der Waals surface area contributed by atoms with Crippen LogP contribution < -0.4 is 10.1 Å². The molecule has 2 aliphatic rings. The number of benzene rings is 2. The number of carboxylic acids is 1. The van der Waals surface area contributed by atoms with Crippen molar-refractivity contribution in [3.8, 4) is 5.75 Å². The van der Waals surface area contributed by atoms with Gasteiger partial charge in [0.15, 0.2) is 0 Å². The molecule has 0 radical (unpaired) electrons. The minimum absolute atomic E-state index is 0.0186. The van der Waals surface area contributed by atoms with Crippen molar-refractivity contribution in [1.29, 1.82) is 0 Å². The molecule has 42 heavy (non-hydrogen) atoms. The van der Waals surface area contributed by atoms with Crippen LogP contribution in [0, 0.1) is 22.7 Å². The molecular weight excluding hydrogens is 524 g/mol. The summed E-state index contributed by atoms with van der Waals surface area (Å²) < 4.78 is 5.75. The number of nitrogens with one attached hydrogen (secondary N) is 1. The average Bonchev–Trinajstić information content (AvgIpc) is 3.26. The number of carbonyl (C=O) groups excluding carboxylic acids is 1. The number of carboxylic acid groups (broad SMARTS) is 1. The predicted octanol–water partition coefficient (Wildman–Crippen LogP) is 7.37. The molecule has 2 fully saturated rings. The maximum Gasteiger partial charge on any atom is 0.326 e. The lowest BCUT2D eigenvalue weighted by molar-refractivity contribution is -0.155. The standard InChI is InChI=1S/C36H52N2O4/c1-34(2,3)26-17-18-27(42-9)25(20-26)22-37-29-28(35(4,5)6)31(33(40)41)38(30(29)23-14-11-10-12-15-23)32(39)24-16-13-19-36(7,8)21-24/h10-12,14-15,17-18,20,24,28-31,37H,13,16,19,21-22H2,1-9H3,(H,40,41)/t24?,28-,29-,30-,31-/m0/s1. The molecule has 5 atom stereocenters. The summed E-state index contributed by atoms with van der Waals surface area (Å²) in [5.74, 6) is -0.655. The van der Waals surface area contributed by atoms with Gasteiger partial charge in [0.2, 0.25) is 5.91 Å². The van der Waals surface area contributed by atoms with Crippen molar-refractivity contribution in [2.75, 3.05) is 7.11 Å². The second-order valence-electron chi connectivity index (χ2n) is 15.4. The van der Waals surface area contributed by atoms with E-state index in [4.69, 9.17) is 4.74 Å². The highest BCUT2D eigenvalue weighted by molar-refractivity contribution is 5.87. The minimum atomic E-state index is -0.937. The van der Waals surface area contributed by atoms with E-state index in [1.54, 1.807) is 12.0 Å². The molecule has 1 aliphatic heterocycles. The fourth-order valence-electron chi connectivity index (χ4n) is 7.46. The molecule has 1 unspecified atom stereocenters. The van der Waals surface area contributed by atoms with E-state index in [0.717, 1.165) is 42.6 Å². The molecule has 1 heterocycles. The Morgan fingerprint density at radius 2 is 1.71 bits per heavy atom. The molecule has 0 aromatic heterocycles. The zero-order chi connectivity index (χ0) is 31.0. The Bertz CT molecular complexity index is 1260. The first-order valence-electron chi connectivity index (χ1n) is 15.6. The van der Waals surface area contributed by atoms with Crippen LogP contribution in [0.4, 0.5) is 0 Å². The maximum absolute atomic E-state index is 14.5. The number of ether oxygens (including phenoxy) is 1. The Balaban J connectivity index is 1.82. The van der Waals surface area contributed by atoms with Crippen LogP contribution in [0.2, 0.25) is 0 Å². The van der Waals surface area contributed by atoms with E-state index in [9.17, 15) is 14.7 Å². The summed E-state index contributed by atoms with van der Waals surface area (Å²) in [6, 6.07) is 14.7. The van der Waals surface area contributed by atoms with Crippen molar-refractivity contribution in [2.45, 2.75) is 111 Å². The number of likely N-dealkylation sites (tertiary alicyclic amines) is 1. The highest BCUT2D eigenvalue weighted by atomic mass is 16.5. The summed E-state index contributed by atoms with van der Waals surface area (Å²) >= 11 is 0. The molecule has 0 spiro atoms. The lowest BCUT2D eigenvalue weighted by atomic mass is 9.71. The van der Waals surface area contributed by atoms with Gasteiger partial charge in [-0.1, -0.05) is 104 Å².